The van der Waals surface area contributed by atoms with E-state index < -0.39 is 0 Å². The Bertz CT molecular complexity index is 718. The molecule has 4 nitrogen and oxygen atoms in total. The third kappa shape index (κ3) is 3.93. The molecule has 128 valence electrons. The fourth-order valence-electron chi connectivity index (χ4n) is 3.23. The van der Waals surface area contributed by atoms with Crippen molar-refractivity contribution < 1.29 is 9.18 Å². The van der Waals surface area contributed by atoms with E-state index in [4.69, 9.17) is 0 Å². The molecule has 1 fully saturated rings. The van der Waals surface area contributed by atoms with Gasteiger partial charge in [0.1, 0.15) is 5.82 Å². The minimum atomic E-state index is -0.195. The number of aryl methyl sites for hydroxylation is 1. The highest BCUT2D eigenvalue weighted by atomic mass is 32.1. The molecule has 0 bridgehead atoms. The Labute approximate surface area is 145 Å². The third-order valence-corrected chi connectivity index (χ3v) is 5.57. The van der Waals surface area contributed by atoms with Gasteiger partial charge in [-0.15, -0.1) is 11.3 Å². The molecular weight excluding hydrogens is 325 g/mol. The molecule has 1 aromatic heterocycles. The molecule has 0 unspecified atom stereocenters. The number of amides is 2. The molecule has 1 aromatic carbocycles. The largest absolute Gasteiger partial charge is 0.335 e. The lowest BCUT2D eigenvalue weighted by Crippen LogP contribution is -2.41. The van der Waals surface area contributed by atoms with E-state index in [1.807, 2.05) is 13.0 Å². The number of aromatic nitrogens is 1. The van der Waals surface area contributed by atoms with Crippen molar-refractivity contribution in [3.05, 3.63) is 51.7 Å². The summed E-state index contributed by atoms with van der Waals surface area (Å²) in [5, 5.41) is 3.10. The molecule has 1 aliphatic rings. The maximum atomic E-state index is 13.4. The lowest BCUT2D eigenvalue weighted by atomic mass is 9.97. The molecule has 0 saturated heterocycles. The zero-order valence-electron chi connectivity index (χ0n) is 14.0. The number of carbonyl (C=O) groups is 1. The highest BCUT2D eigenvalue weighted by Crippen LogP contribution is 2.34. The van der Waals surface area contributed by atoms with Gasteiger partial charge in [0.25, 0.3) is 0 Å². The van der Waals surface area contributed by atoms with Crippen molar-refractivity contribution >= 4 is 17.4 Å². The van der Waals surface area contributed by atoms with E-state index in [2.05, 4.69) is 10.3 Å². The Hall–Kier alpha value is -1.95. The number of nitrogens with zero attached hydrogens (tertiary/aromatic N) is 2. The standard InChI is InChI=1S/C18H22FN3OS/c1-12-17(24-11-20-12)10-22(2)18(23)21-16-7-6-14(9-16)13-4-3-5-15(19)8-13/h3-5,8,11,14,16H,6-7,9-10H2,1-2H3,(H,21,23)/t14-,16-/m0/s1. The summed E-state index contributed by atoms with van der Waals surface area (Å²) in [6.07, 6.45) is 2.77. The van der Waals surface area contributed by atoms with E-state index in [1.165, 1.54) is 6.07 Å². The average Bonchev–Trinajstić information content (AvgIpc) is 3.17. The van der Waals surface area contributed by atoms with Crippen LogP contribution in [0.5, 0.6) is 0 Å². The number of urea groups is 1. The summed E-state index contributed by atoms with van der Waals surface area (Å²) in [5.74, 6) is 0.125. The number of rotatable bonds is 4. The fourth-order valence-corrected chi connectivity index (χ4v) is 4.06. The highest BCUT2D eigenvalue weighted by molar-refractivity contribution is 7.09. The second-order valence-corrected chi connectivity index (χ2v) is 7.37. The van der Waals surface area contributed by atoms with Gasteiger partial charge in [-0.3, -0.25) is 0 Å². The van der Waals surface area contributed by atoms with Gasteiger partial charge in [0.2, 0.25) is 0 Å². The first-order chi connectivity index (χ1) is 11.5. The third-order valence-electron chi connectivity index (χ3n) is 4.65. The maximum absolute atomic E-state index is 13.4. The molecule has 0 spiro atoms. The minimum Gasteiger partial charge on any atom is -0.335 e. The van der Waals surface area contributed by atoms with Crippen molar-refractivity contribution in [1.29, 1.82) is 0 Å². The van der Waals surface area contributed by atoms with Crippen LogP contribution in [0, 0.1) is 12.7 Å². The molecule has 2 amide bonds. The van der Waals surface area contributed by atoms with Crippen LogP contribution in [0.25, 0.3) is 0 Å². The quantitative estimate of drug-likeness (QED) is 0.906. The molecule has 0 radical (unpaired) electrons. The van der Waals surface area contributed by atoms with E-state index in [-0.39, 0.29) is 17.9 Å². The summed E-state index contributed by atoms with van der Waals surface area (Å²) in [4.78, 5) is 19.4. The predicted octanol–water partition coefficient (Wildman–Crippen LogP) is 4.07. The average molecular weight is 347 g/mol. The zero-order chi connectivity index (χ0) is 17.1. The van der Waals surface area contributed by atoms with Crippen LogP contribution >= 0.6 is 11.3 Å². The van der Waals surface area contributed by atoms with Crippen LogP contribution < -0.4 is 5.32 Å². The molecule has 1 saturated carbocycles. The van der Waals surface area contributed by atoms with Crippen molar-refractivity contribution in [2.75, 3.05) is 7.05 Å². The first-order valence-corrected chi connectivity index (χ1v) is 9.07. The lowest BCUT2D eigenvalue weighted by Gasteiger charge is -2.21. The molecule has 6 heteroatoms. The predicted molar refractivity (Wildman–Crippen MR) is 93.6 cm³/mol. The van der Waals surface area contributed by atoms with Crippen LogP contribution in [0.2, 0.25) is 0 Å². The maximum Gasteiger partial charge on any atom is 0.317 e. The SMILES string of the molecule is Cc1ncsc1CN(C)C(=O)N[C@H]1CC[C@H](c2cccc(F)c2)C1. The summed E-state index contributed by atoms with van der Waals surface area (Å²) in [7, 11) is 1.80. The molecule has 1 aliphatic carbocycles. The Morgan fingerprint density at radius 3 is 3.00 bits per heavy atom. The Kier molecular flexibility index (Phi) is 5.14. The van der Waals surface area contributed by atoms with Crippen molar-refractivity contribution in [2.45, 2.75) is 44.7 Å². The number of benzene rings is 1. The first kappa shape index (κ1) is 16.9. The van der Waals surface area contributed by atoms with E-state index in [9.17, 15) is 9.18 Å². The molecule has 1 N–H and O–H groups in total. The van der Waals surface area contributed by atoms with Gasteiger partial charge in [-0.05, 0) is 49.8 Å². The summed E-state index contributed by atoms with van der Waals surface area (Å²) < 4.78 is 13.4. The van der Waals surface area contributed by atoms with Gasteiger partial charge in [0.05, 0.1) is 17.7 Å². The van der Waals surface area contributed by atoms with E-state index in [0.717, 1.165) is 35.4 Å². The Morgan fingerprint density at radius 2 is 2.29 bits per heavy atom. The van der Waals surface area contributed by atoms with E-state index in [0.29, 0.717) is 12.5 Å². The topological polar surface area (TPSA) is 45.2 Å². The molecule has 2 atom stereocenters. The smallest absolute Gasteiger partial charge is 0.317 e. The first-order valence-electron chi connectivity index (χ1n) is 8.19. The van der Waals surface area contributed by atoms with Gasteiger partial charge in [0.15, 0.2) is 0 Å². The molecule has 3 rings (SSSR count). The minimum absolute atomic E-state index is 0.0623. The van der Waals surface area contributed by atoms with Gasteiger partial charge in [-0.2, -0.15) is 0 Å². The summed E-state index contributed by atoms with van der Waals surface area (Å²) in [5.41, 5.74) is 3.81. The number of hydrogen-bond acceptors (Lipinski definition) is 3. The molecule has 1 heterocycles. The fraction of sp³-hybridized carbons (Fsp3) is 0.444. The molecular formula is C18H22FN3OS. The van der Waals surface area contributed by atoms with Gasteiger partial charge in [-0.25, -0.2) is 14.2 Å². The van der Waals surface area contributed by atoms with Crippen LogP contribution in [-0.2, 0) is 6.54 Å². The normalized spacial score (nSPS) is 20.1. The van der Waals surface area contributed by atoms with Crippen LogP contribution in [0.1, 0.15) is 41.3 Å². The lowest BCUT2D eigenvalue weighted by molar-refractivity contribution is 0.203. The van der Waals surface area contributed by atoms with Crippen molar-refractivity contribution in [3.8, 4) is 0 Å². The molecule has 2 aromatic rings. The van der Waals surface area contributed by atoms with Gasteiger partial charge < -0.3 is 10.2 Å². The van der Waals surface area contributed by atoms with Crippen LogP contribution in [0.4, 0.5) is 9.18 Å². The van der Waals surface area contributed by atoms with Gasteiger partial charge >= 0.3 is 6.03 Å². The second kappa shape index (κ2) is 7.30. The highest BCUT2D eigenvalue weighted by Gasteiger charge is 2.28. The number of hydrogen-bond donors (Lipinski definition) is 1. The van der Waals surface area contributed by atoms with Crippen LogP contribution in [0.15, 0.2) is 29.8 Å². The zero-order valence-corrected chi connectivity index (χ0v) is 14.8. The number of carbonyl (C=O) groups excluding carboxylic acids is 1. The molecule has 24 heavy (non-hydrogen) atoms. The monoisotopic (exact) mass is 347 g/mol. The summed E-state index contributed by atoms with van der Waals surface area (Å²) in [6.45, 7) is 2.53. The van der Waals surface area contributed by atoms with Crippen LogP contribution in [-0.4, -0.2) is 29.0 Å². The summed E-state index contributed by atoms with van der Waals surface area (Å²) in [6, 6.07) is 6.88. The van der Waals surface area contributed by atoms with E-state index in [1.54, 1.807) is 40.9 Å². The summed E-state index contributed by atoms with van der Waals surface area (Å²) >= 11 is 1.57. The van der Waals surface area contributed by atoms with Crippen molar-refractivity contribution in [1.82, 2.24) is 15.2 Å². The van der Waals surface area contributed by atoms with E-state index >= 15 is 0 Å². The Balaban J connectivity index is 1.53. The molecule has 0 aliphatic heterocycles. The van der Waals surface area contributed by atoms with Crippen molar-refractivity contribution in [2.24, 2.45) is 0 Å². The Morgan fingerprint density at radius 1 is 1.46 bits per heavy atom. The number of thiazole rings is 1. The number of nitrogens with one attached hydrogen (secondary N) is 1. The second-order valence-electron chi connectivity index (χ2n) is 6.43. The van der Waals surface area contributed by atoms with Crippen LogP contribution in [0.3, 0.4) is 0 Å². The van der Waals surface area contributed by atoms with Gasteiger partial charge in [0, 0.05) is 18.0 Å². The van der Waals surface area contributed by atoms with Gasteiger partial charge in [-0.1, -0.05) is 12.1 Å². The number of halogens is 1. The van der Waals surface area contributed by atoms with Crippen molar-refractivity contribution in [3.63, 3.8) is 0 Å².